The fourth-order valence-corrected chi connectivity index (χ4v) is 3.63. The minimum absolute atomic E-state index is 0.0913. The summed E-state index contributed by atoms with van der Waals surface area (Å²) in [6.45, 7) is 4.86. The summed E-state index contributed by atoms with van der Waals surface area (Å²) in [5, 5.41) is 1.63. The number of hydrogen-bond acceptors (Lipinski definition) is 5. The molecule has 1 spiro atoms. The van der Waals surface area contributed by atoms with Crippen LogP contribution < -0.4 is 9.57 Å². The topological polar surface area (TPSA) is 75.7 Å². The maximum Gasteiger partial charge on any atom is 0.221 e. The Balaban J connectivity index is 1.82. The molecule has 0 unspecified atom stereocenters. The number of piperidine rings is 1. The summed E-state index contributed by atoms with van der Waals surface area (Å²) in [6.07, 6.45) is 2.13. The van der Waals surface area contributed by atoms with Gasteiger partial charge in [-0.25, -0.2) is 13.4 Å². The van der Waals surface area contributed by atoms with Crippen LogP contribution in [0.1, 0.15) is 23.2 Å². The molecule has 1 aromatic carbocycles. The first-order valence-electron chi connectivity index (χ1n) is 7.05. The lowest BCUT2D eigenvalue weighted by atomic mass is 9.79. The zero-order valence-electron chi connectivity index (χ0n) is 12.3. The number of rotatable bonds is 2. The highest BCUT2D eigenvalue weighted by Gasteiger charge is 2.46. The van der Waals surface area contributed by atoms with Crippen molar-refractivity contribution in [1.29, 1.82) is 0 Å². The van der Waals surface area contributed by atoms with Crippen molar-refractivity contribution in [2.45, 2.75) is 18.4 Å². The number of carbonyl (C=O) groups excluding carboxylic acids is 1. The molecule has 0 radical (unpaired) electrons. The smallest absolute Gasteiger partial charge is 0.221 e. The Morgan fingerprint density at radius 1 is 1.27 bits per heavy atom. The lowest BCUT2D eigenvalue weighted by Crippen LogP contribution is -2.56. The van der Waals surface area contributed by atoms with Crippen LogP contribution >= 0.6 is 0 Å². The molecule has 1 saturated heterocycles. The molecule has 7 heteroatoms. The number of carbonyl (C=O) groups is 1. The molecule has 0 aliphatic carbocycles. The monoisotopic (exact) mass is 322 g/mol. The third-order valence-electron chi connectivity index (χ3n) is 4.13. The van der Waals surface area contributed by atoms with Crippen LogP contribution in [0.4, 0.5) is 0 Å². The Labute approximate surface area is 129 Å². The average molecular weight is 322 g/mol. The molecule has 2 aliphatic rings. The summed E-state index contributed by atoms with van der Waals surface area (Å²) in [5.74, 6) is 0.482. The first-order valence-corrected chi connectivity index (χ1v) is 8.94. The van der Waals surface area contributed by atoms with E-state index in [0.29, 0.717) is 42.8 Å². The van der Waals surface area contributed by atoms with Crippen LogP contribution in [0.15, 0.2) is 36.4 Å². The lowest BCUT2D eigenvalue weighted by Gasteiger charge is -2.44. The third-order valence-corrected chi connectivity index (χ3v) is 4.72. The van der Waals surface area contributed by atoms with Gasteiger partial charge in [-0.15, -0.1) is 4.83 Å². The zero-order chi connectivity index (χ0) is 16.0. The van der Waals surface area contributed by atoms with Gasteiger partial charge in [0.05, 0.1) is 11.8 Å². The van der Waals surface area contributed by atoms with Crippen molar-refractivity contribution < 1.29 is 17.9 Å². The molecule has 1 N–H and O–H groups in total. The molecule has 3 rings (SSSR count). The predicted octanol–water partition coefficient (Wildman–Crippen LogP) is 1.12. The molecule has 22 heavy (non-hydrogen) atoms. The van der Waals surface area contributed by atoms with E-state index in [0.717, 1.165) is 6.26 Å². The van der Waals surface area contributed by atoms with E-state index in [2.05, 4.69) is 11.4 Å². The van der Waals surface area contributed by atoms with Gasteiger partial charge in [0.15, 0.2) is 5.78 Å². The molecule has 0 amide bonds. The van der Waals surface area contributed by atoms with Crippen LogP contribution in [0.2, 0.25) is 0 Å². The fraction of sp³-hybridized carbons (Fsp3) is 0.400. The van der Waals surface area contributed by atoms with Crippen LogP contribution in [0, 0.1) is 0 Å². The molecule has 2 heterocycles. The molecule has 1 fully saturated rings. The van der Waals surface area contributed by atoms with Gasteiger partial charge in [-0.05, 0) is 12.1 Å². The van der Waals surface area contributed by atoms with Crippen molar-refractivity contribution in [1.82, 2.24) is 9.84 Å². The van der Waals surface area contributed by atoms with Crippen LogP contribution in [-0.4, -0.2) is 44.2 Å². The highest BCUT2D eigenvalue weighted by atomic mass is 32.2. The maximum absolute atomic E-state index is 12.5. The molecule has 0 atom stereocenters. The molecule has 6 nitrogen and oxygen atoms in total. The van der Waals surface area contributed by atoms with Crippen molar-refractivity contribution in [2.75, 3.05) is 19.3 Å². The number of nitrogens with one attached hydrogen (secondary N) is 1. The number of ketones is 1. The zero-order valence-corrected chi connectivity index (χ0v) is 13.1. The molecule has 2 aliphatic heterocycles. The van der Waals surface area contributed by atoms with Gasteiger partial charge >= 0.3 is 0 Å². The Hall–Kier alpha value is -1.70. The lowest BCUT2D eigenvalue weighted by molar-refractivity contribution is 0.0167. The van der Waals surface area contributed by atoms with Crippen molar-refractivity contribution >= 4 is 15.8 Å². The van der Waals surface area contributed by atoms with Gasteiger partial charge in [-0.3, -0.25) is 4.79 Å². The van der Waals surface area contributed by atoms with Crippen LogP contribution in [-0.2, 0) is 10.0 Å². The van der Waals surface area contributed by atoms with Gasteiger partial charge in [0.1, 0.15) is 11.4 Å². The van der Waals surface area contributed by atoms with E-state index in [9.17, 15) is 13.2 Å². The normalized spacial score (nSPS) is 21.5. The largest absolute Gasteiger partial charge is 0.482 e. The molecule has 0 saturated carbocycles. The Morgan fingerprint density at radius 2 is 1.91 bits per heavy atom. The number of ether oxygens (including phenoxy) is 1. The molecule has 1 aromatic rings. The summed E-state index contributed by atoms with van der Waals surface area (Å²) < 4.78 is 28.7. The number of nitrogens with zero attached hydrogens (tertiary/aromatic N) is 1. The number of Topliss-reactive ketones (excluding diaryl/α,β-unsaturated/α-hetero) is 1. The third kappa shape index (κ3) is 2.67. The highest BCUT2D eigenvalue weighted by molar-refractivity contribution is 7.88. The first kappa shape index (κ1) is 15.2. The minimum Gasteiger partial charge on any atom is -0.482 e. The summed E-state index contributed by atoms with van der Waals surface area (Å²) in [7, 11) is -3.29. The van der Waals surface area contributed by atoms with Gasteiger partial charge in [-0.1, -0.05) is 18.7 Å². The first-order chi connectivity index (χ1) is 10.3. The van der Waals surface area contributed by atoms with Crippen molar-refractivity contribution in [3.8, 4) is 5.75 Å². The van der Waals surface area contributed by atoms with E-state index >= 15 is 0 Å². The van der Waals surface area contributed by atoms with E-state index in [4.69, 9.17) is 4.74 Å². The number of sulfonamides is 1. The quantitative estimate of drug-likeness (QED) is 0.826. The van der Waals surface area contributed by atoms with E-state index in [-0.39, 0.29) is 5.78 Å². The SMILES string of the molecule is C=C1C(=O)c2ccccc2OC12CCN(NS(C)(=O)=O)CC2. The molecule has 0 aromatic heterocycles. The van der Waals surface area contributed by atoms with Crippen LogP contribution in [0.5, 0.6) is 5.75 Å². The minimum atomic E-state index is -3.29. The van der Waals surface area contributed by atoms with Crippen LogP contribution in [0.3, 0.4) is 0 Å². The summed E-state index contributed by atoms with van der Waals surface area (Å²) in [6, 6.07) is 7.14. The molecule has 0 bridgehead atoms. The second kappa shape index (κ2) is 5.19. The van der Waals surface area contributed by atoms with Crippen molar-refractivity contribution in [3.63, 3.8) is 0 Å². The van der Waals surface area contributed by atoms with E-state index in [1.54, 1.807) is 23.2 Å². The molecular formula is C15H18N2O4S. The van der Waals surface area contributed by atoms with Gasteiger partial charge in [0.25, 0.3) is 0 Å². The van der Waals surface area contributed by atoms with Gasteiger partial charge in [-0.2, -0.15) is 0 Å². The Bertz CT molecular complexity index is 734. The second-order valence-electron chi connectivity index (χ2n) is 5.75. The van der Waals surface area contributed by atoms with Crippen LogP contribution in [0.25, 0.3) is 0 Å². The number of fused-ring (bicyclic) bond motifs is 1. The summed E-state index contributed by atoms with van der Waals surface area (Å²) >= 11 is 0. The number of hydrazine groups is 1. The Morgan fingerprint density at radius 3 is 2.55 bits per heavy atom. The van der Waals surface area contributed by atoms with E-state index in [1.807, 2.05) is 6.07 Å². The standard InChI is InChI=1S/C15H18N2O4S/c1-11-14(18)12-5-3-4-6-13(12)21-15(11)7-9-17(10-8-15)16-22(2,19)20/h3-6,16H,1,7-10H2,2H3. The number of benzene rings is 1. The molecular weight excluding hydrogens is 304 g/mol. The number of para-hydroxylation sites is 1. The second-order valence-corrected chi connectivity index (χ2v) is 7.48. The van der Waals surface area contributed by atoms with E-state index in [1.165, 1.54) is 0 Å². The van der Waals surface area contributed by atoms with Gasteiger partial charge in [0.2, 0.25) is 10.0 Å². The predicted molar refractivity (Wildman–Crippen MR) is 82.1 cm³/mol. The maximum atomic E-state index is 12.5. The average Bonchev–Trinajstić information content (AvgIpc) is 2.46. The van der Waals surface area contributed by atoms with E-state index < -0.39 is 15.6 Å². The summed E-state index contributed by atoms with van der Waals surface area (Å²) in [5.41, 5.74) is 0.251. The molecule has 118 valence electrons. The van der Waals surface area contributed by atoms with Gasteiger partial charge < -0.3 is 4.74 Å². The van der Waals surface area contributed by atoms with Crippen molar-refractivity contribution in [3.05, 3.63) is 42.0 Å². The fourth-order valence-electron chi connectivity index (χ4n) is 2.98. The summed E-state index contributed by atoms with van der Waals surface area (Å²) in [4.78, 5) is 15.0. The number of hydrogen-bond donors (Lipinski definition) is 1. The van der Waals surface area contributed by atoms with Gasteiger partial charge in [0, 0.05) is 31.5 Å². The highest BCUT2D eigenvalue weighted by Crippen LogP contribution is 2.41. The Kier molecular flexibility index (Phi) is 3.58. The van der Waals surface area contributed by atoms with Crippen molar-refractivity contribution in [2.24, 2.45) is 0 Å².